The average molecular weight is 321 g/mol. The van der Waals surface area contributed by atoms with Gasteiger partial charge in [0.1, 0.15) is 11.3 Å². The smallest absolute Gasteiger partial charge is 0.283 e. The fourth-order valence-electron chi connectivity index (χ4n) is 2.40. The summed E-state index contributed by atoms with van der Waals surface area (Å²) in [5.74, 6) is 2.24. The largest absolute Gasteiger partial charge is 0.497 e. The van der Waals surface area contributed by atoms with Gasteiger partial charge in [0.05, 0.1) is 13.7 Å². The van der Waals surface area contributed by atoms with Crippen molar-refractivity contribution in [2.24, 2.45) is 0 Å². The minimum Gasteiger partial charge on any atom is -0.497 e. The molecule has 0 aliphatic rings. The first-order valence-corrected chi connectivity index (χ1v) is 7.51. The number of anilines is 1. The van der Waals surface area contributed by atoms with Crippen molar-refractivity contribution >= 4 is 16.7 Å². The number of nitrogens with one attached hydrogen (secondary N) is 1. The van der Waals surface area contributed by atoms with Crippen LogP contribution in [0.2, 0.25) is 0 Å². The van der Waals surface area contributed by atoms with Crippen molar-refractivity contribution in [1.82, 2.24) is 10.2 Å². The Morgan fingerprint density at radius 3 is 2.62 bits per heavy atom. The molecule has 0 aliphatic carbocycles. The summed E-state index contributed by atoms with van der Waals surface area (Å²) >= 11 is 0. The average Bonchev–Trinajstić information content (AvgIpc) is 3.27. The van der Waals surface area contributed by atoms with E-state index in [2.05, 4.69) is 15.5 Å². The molecule has 0 unspecified atom stereocenters. The van der Waals surface area contributed by atoms with Crippen LogP contribution in [0.15, 0.2) is 63.4 Å². The van der Waals surface area contributed by atoms with E-state index >= 15 is 0 Å². The molecule has 0 spiro atoms. The zero-order valence-electron chi connectivity index (χ0n) is 13.0. The lowest BCUT2D eigenvalue weighted by atomic mass is 10.2. The topological polar surface area (TPSA) is 73.3 Å². The van der Waals surface area contributed by atoms with Crippen LogP contribution in [-0.4, -0.2) is 17.3 Å². The third kappa shape index (κ3) is 2.81. The molecule has 6 heteroatoms. The molecule has 0 aliphatic heterocycles. The van der Waals surface area contributed by atoms with Crippen LogP contribution >= 0.6 is 0 Å². The maximum atomic E-state index is 5.73. The van der Waals surface area contributed by atoms with E-state index in [1.165, 1.54) is 0 Å². The van der Waals surface area contributed by atoms with E-state index in [4.69, 9.17) is 13.6 Å². The molecule has 0 amide bonds. The lowest BCUT2D eigenvalue weighted by Crippen LogP contribution is -1.99. The molecule has 2 aromatic heterocycles. The summed E-state index contributed by atoms with van der Waals surface area (Å²) < 4.78 is 16.5. The maximum Gasteiger partial charge on any atom is 0.283 e. The summed E-state index contributed by atoms with van der Waals surface area (Å²) in [7, 11) is 1.64. The standard InChI is InChI=1S/C18H15N3O3/c1-22-14-8-6-13(7-9-14)19-11-17-20-21-18(24-17)16-10-12-4-2-3-5-15(12)23-16/h2-10,19H,11H2,1H3. The van der Waals surface area contributed by atoms with Crippen molar-refractivity contribution in [3.8, 4) is 17.4 Å². The van der Waals surface area contributed by atoms with Crippen molar-refractivity contribution in [2.75, 3.05) is 12.4 Å². The van der Waals surface area contributed by atoms with Crippen LogP contribution in [0.4, 0.5) is 5.69 Å². The Morgan fingerprint density at radius 1 is 1.00 bits per heavy atom. The Balaban J connectivity index is 1.47. The molecule has 0 fully saturated rings. The molecule has 120 valence electrons. The van der Waals surface area contributed by atoms with Gasteiger partial charge in [0.15, 0.2) is 5.76 Å². The Hall–Kier alpha value is -3.28. The fraction of sp³-hybridized carbons (Fsp3) is 0.111. The molecule has 2 heterocycles. The van der Waals surface area contributed by atoms with Crippen molar-refractivity contribution in [2.45, 2.75) is 6.54 Å². The molecule has 6 nitrogen and oxygen atoms in total. The zero-order chi connectivity index (χ0) is 16.4. The maximum absolute atomic E-state index is 5.73. The number of aromatic nitrogens is 2. The number of nitrogens with zero attached hydrogens (tertiary/aromatic N) is 2. The SMILES string of the molecule is COc1ccc(NCc2nnc(-c3cc4ccccc4o3)o2)cc1. The lowest BCUT2D eigenvalue weighted by molar-refractivity contribution is 0.415. The van der Waals surface area contributed by atoms with Crippen LogP contribution in [-0.2, 0) is 6.54 Å². The molecular weight excluding hydrogens is 306 g/mol. The molecule has 4 aromatic rings. The van der Waals surface area contributed by atoms with Crippen LogP contribution in [0.1, 0.15) is 5.89 Å². The Kier molecular flexibility index (Phi) is 3.63. The number of furan rings is 1. The van der Waals surface area contributed by atoms with Gasteiger partial charge >= 0.3 is 0 Å². The highest BCUT2D eigenvalue weighted by atomic mass is 16.5. The second kappa shape index (κ2) is 6.08. The molecule has 0 radical (unpaired) electrons. The molecular formula is C18H15N3O3. The summed E-state index contributed by atoms with van der Waals surface area (Å²) in [6.07, 6.45) is 0. The van der Waals surface area contributed by atoms with Crippen molar-refractivity contribution in [3.63, 3.8) is 0 Å². The van der Waals surface area contributed by atoms with Gasteiger partial charge in [-0.25, -0.2) is 0 Å². The molecule has 24 heavy (non-hydrogen) atoms. The van der Waals surface area contributed by atoms with Crippen molar-refractivity contribution in [3.05, 3.63) is 60.5 Å². The Morgan fingerprint density at radius 2 is 1.83 bits per heavy atom. The second-order valence-electron chi connectivity index (χ2n) is 5.23. The van der Waals surface area contributed by atoms with Crippen LogP contribution < -0.4 is 10.1 Å². The van der Waals surface area contributed by atoms with Gasteiger partial charge < -0.3 is 18.9 Å². The van der Waals surface area contributed by atoms with E-state index < -0.39 is 0 Å². The zero-order valence-corrected chi connectivity index (χ0v) is 13.0. The molecule has 0 saturated carbocycles. The van der Waals surface area contributed by atoms with E-state index in [0.717, 1.165) is 22.4 Å². The van der Waals surface area contributed by atoms with E-state index in [1.807, 2.05) is 54.6 Å². The molecule has 4 rings (SSSR count). The molecule has 2 aromatic carbocycles. The molecule has 1 N–H and O–H groups in total. The fourth-order valence-corrected chi connectivity index (χ4v) is 2.40. The van der Waals surface area contributed by atoms with Gasteiger partial charge in [-0.1, -0.05) is 18.2 Å². The van der Waals surface area contributed by atoms with Gasteiger partial charge in [0.25, 0.3) is 5.89 Å². The molecule has 0 saturated heterocycles. The van der Waals surface area contributed by atoms with E-state index in [-0.39, 0.29) is 0 Å². The van der Waals surface area contributed by atoms with E-state index in [1.54, 1.807) is 7.11 Å². The van der Waals surface area contributed by atoms with E-state index in [9.17, 15) is 0 Å². The number of hydrogen-bond acceptors (Lipinski definition) is 6. The minimum absolute atomic E-state index is 0.373. The highest BCUT2D eigenvalue weighted by molar-refractivity contribution is 5.81. The highest BCUT2D eigenvalue weighted by Gasteiger charge is 2.13. The van der Waals surface area contributed by atoms with Gasteiger partial charge in [-0.3, -0.25) is 0 Å². The quantitative estimate of drug-likeness (QED) is 0.596. The van der Waals surface area contributed by atoms with Gasteiger partial charge in [0, 0.05) is 11.1 Å². The number of benzene rings is 2. The number of methoxy groups -OCH3 is 1. The molecule has 0 atom stereocenters. The lowest BCUT2D eigenvalue weighted by Gasteiger charge is -2.04. The van der Waals surface area contributed by atoms with Crippen LogP contribution in [0.3, 0.4) is 0 Å². The number of rotatable bonds is 5. The number of ether oxygens (including phenoxy) is 1. The predicted molar refractivity (Wildman–Crippen MR) is 89.8 cm³/mol. The third-order valence-electron chi connectivity index (χ3n) is 3.64. The van der Waals surface area contributed by atoms with Gasteiger partial charge in [-0.15, -0.1) is 10.2 Å². The minimum atomic E-state index is 0.373. The normalized spacial score (nSPS) is 10.9. The van der Waals surface area contributed by atoms with Crippen LogP contribution in [0, 0.1) is 0 Å². The summed E-state index contributed by atoms with van der Waals surface area (Å²) in [4.78, 5) is 0. The van der Waals surface area contributed by atoms with Crippen molar-refractivity contribution in [1.29, 1.82) is 0 Å². The number of hydrogen-bond donors (Lipinski definition) is 1. The Labute approximate surface area is 138 Å². The first-order chi connectivity index (χ1) is 11.8. The third-order valence-corrected chi connectivity index (χ3v) is 3.64. The highest BCUT2D eigenvalue weighted by Crippen LogP contribution is 2.26. The molecule has 0 bridgehead atoms. The summed E-state index contributed by atoms with van der Waals surface area (Å²) in [6.45, 7) is 0.430. The number of fused-ring (bicyclic) bond motifs is 1. The first-order valence-electron chi connectivity index (χ1n) is 7.51. The first kappa shape index (κ1) is 14.3. The van der Waals surface area contributed by atoms with Crippen molar-refractivity contribution < 1.29 is 13.6 Å². The summed E-state index contributed by atoms with van der Waals surface area (Å²) in [6, 6.07) is 17.3. The predicted octanol–water partition coefficient (Wildman–Crippen LogP) is 4.10. The van der Waals surface area contributed by atoms with E-state index in [0.29, 0.717) is 24.1 Å². The van der Waals surface area contributed by atoms with Gasteiger partial charge in [0.2, 0.25) is 5.89 Å². The van der Waals surface area contributed by atoms with Crippen LogP contribution in [0.5, 0.6) is 5.75 Å². The summed E-state index contributed by atoms with van der Waals surface area (Å²) in [5, 5.41) is 12.3. The van der Waals surface area contributed by atoms with Gasteiger partial charge in [-0.2, -0.15) is 0 Å². The van der Waals surface area contributed by atoms with Crippen LogP contribution in [0.25, 0.3) is 22.6 Å². The Bertz CT molecular complexity index is 924. The second-order valence-corrected chi connectivity index (χ2v) is 5.23. The number of para-hydroxylation sites is 1. The monoisotopic (exact) mass is 321 g/mol. The summed E-state index contributed by atoms with van der Waals surface area (Å²) in [5.41, 5.74) is 1.74. The van der Waals surface area contributed by atoms with Gasteiger partial charge in [-0.05, 0) is 36.4 Å².